The lowest BCUT2D eigenvalue weighted by Gasteiger charge is -2.23. The lowest BCUT2D eigenvalue weighted by atomic mass is 10.1. The van der Waals surface area contributed by atoms with Crippen molar-refractivity contribution in [2.24, 2.45) is 0 Å². The van der Waals surface area contributed by atoms with Gasteiger partial charge in [0.05, 0.1) is 32.7 Å². The van der Waals surface area contributed by atoms with E-state index in [1.807, 2.05) is 6.07 Å². The fourth-order valence-corrected chi connectivity index (χ4v) is 7.66. The maximum atomic E-state index is 13.2. The summed E-state index contributed by atoms with van der Waals surface area (Å²) >= 11 is 12.8. The second-order valence-corrected chi connectivity index (χ2v) is 13.1. The van der Waals surface area contributed by atoms with Crippen molar-refractivity contribution in [1.82, 2.24) is 9.97 Å². The second kappa shape index (κ2) is 10.1. The normalized spacial score (nSPS) is 15.9. The molecule has 0 bridgehead atoms. The number of aromatic nitrogens is 2. The molecule has 0 spiro atoms. The summed E-state index contributed by atoms with van der Waals surface area (Å²) in [5.74, 6) is 0.0497. The minimum Gasteiger partial charge on any atom is -0.280 e. The average molecular weight is 578 g/mol. The Labute approximate surface area is 225 Å². The SMILES string of the molecule is O=S(=O)(Nc1ccc(Cl)c(-c2ccc3cnccc3n2)c1)c1ccc(N2CCCCCS2(=O)=O)cc1Cl. The van der Waals surface area contributed by atoms with Crippen LogP contribution in [0.2, 0.25) is 10.0 Å². The Balaban J connectivity index is 1.44. The summed E-state index contributed by atoms with van der Waals surface area (Å²) in [5, 5.41) is 1.19. The highest BCUT2D eigenvalue weighted by molar-refractivity contribution is 7.93. The lowest BCUT2D eigenvalue weighted by Crippen LogP contribution is -2.32. The summed E-state index contributed by atoms with van der Waals surface area (Å²) < 4.78 is 55.5. The average Bonchev–Trinajstić information content (AvgIpc) is 3.04. The van der Waals surface area contributed by atoms with Crippen LogP contribution < -0.4 is 9.03 Å². The van der Waals surface area contributed by atoms with Crippen LogP contribution in [-0.4, -0.2) is 39.1 Å². The monoisotopic (exact) mass is 576 g/mol. The number of halogens is 2. The lowest BCUT2D eigenvalue weighted by molar-refractivity contribution is 0.592. The Kier molecular flexibility index (Phi) is 7.01. The van der Waals surface area contributed by atoms with Crippen molar-refractivity contribution < 1.29 is 16.8 Å². The number of anilines is 2. The van der Waals surface area contributed by atoms with Crippen LogP contribution in [0.25, 0.3) is 22.2 Å². The summed E-state index contributed by atoms with van der Waals surface area (Å²) in [7, 11) is -7.58. The molecule has 1 fully saturated rings. The van der Waals surface area contributed by atoms with Crippen LogP contribution in [0.1, 0.15) is 19.3 Å². The zero-order chi connectivity index (χ0) is 26.2. The molecule has 1 aliphatic heterocycles. The Morgan fingerprint density at radius 1 is 0.919 bits per heavy atom. The molecule has 0 radical (unpaired) electrons. The van der Waals surface area contributed by atoms with Gasteiger partial charge in [0.1, 0.15) is 4.90 Å². The zero-order valence-corrected chi connectivity index (χ0v) is 22.6. The molecule has 0 saturated carbocycles. The molecule has 2 aromatic carbocycles. The van der Waals surface area contributed by atoms with Crippen LogP contribution in [0.3, 0.4) is 0 Å². The second-order valence-electron chi connectivity index (χ2n) is 8.63. The highest BCUT2D eigenvalue weighted by Gasteiger charge is 2.26. The van der Waals surface area contributed by atoms with Crippen LogP contribution in [0, 0.1) is 0 Å². The van der Waals surface area contributed by atoms with Gasteiger partial charge in [0, 0.05) is 35.6 Å². The van der Waals surface area contributed by atoms with E-state index in [2.05, 4.69) is 14.7 Å². The van der Waals surface area contributed by atoms with E-state index in [1.54, 1.807) is 42.7 Å². The van der Waals surface area contributed by atoms with Gasteiger partial charge in [-0.15, -0.1) is 0 Å². The first-order valence-corrected chi connectivity index (χ1v) is 15.3. The summed E-state index contributed by atoms with van der Waals surface area (Å²) in [5.41, 5.74) is 2.47. The largest absolute Gasteiger partial charge is 0.280 e. The van der Waals surface area contributed by atoms with Crippen molar-refractivity contribution in [2.75, 3.05) is 21.3 Å². The van der Waals surface area contributed by atoms with Crippen molar-refractivity contribution in [3.63, 3.8) is 0 Å². The topological polar surface area (TPSA) is 109 Å². The molecule has 0 amide bonds. The number of benzene rings is 2. The van der Waals surface area contributed by atoms with Gasteiger partial charge in [-0.05, 0) is 67.4 Å². The van der Waals surface area contributed by atoms with E-state index >= 15 is 0 Å². The Hall–Kier alpha value is -2.92. The summed E-state index contributed by atoms with van der Waals surface area (Å²) in [6.45, 7) is 0.329. The molecule has 4 aromatic rings. The van der Waals surface area contributed by atoms with Crippen LogP contribution in [0.4, 0.5) is 11.4 Å². The molecule has 2 aromatic heterocycles. The molecular weight excluding hydrogens is 555 g/mol. The van der Waals surface area contributed by atoms with Gasteiger partial charge in [0.2, 0.25) is 10.0 Å². The fraction of sp³-hybridized carbons (Fsp3) is 0.200. The van der Waals surface area contributed by atoms with Crippen molar-refractivity contribution in [3.8, 4) is 11.3 Å². The molecular formula is C25H22Cl2N4O4S2. The number of pyridine rings is 2. The zero-order valence-electron chi connectivity index (χ0n) is 19.4. The first-order valence-electron chi connectivity index (χ1n) is 11.5. The molecule has 3 heterocycles. The molecule has 192 valence electrons. The third kappa shape index (κ3) is 5.38. The Morgan fingerprint density at radius 3 is 2.57 bits per heavy atom. The van der Waals surface area contributed by atoms with Crippen molar-refractivity contribution in [2.45, 2.75) is 24.2 Å². The van der Waals surface area contributed by atoms with E-state index in [0.29, 0.717) is 34.9 Å². The molecule has 0 atom stereocenters. The number of hydrogen-bond acceptors (Lipinski definition) is 6. The smallest absolute Gasteiger partial charge is 0.263 e. The third-order valence-electron chi connectivity index (χ3n) is 6.08. The molecule has 0 unspecified atom stereocenters. The molecule has 37 heavy (non-hydrogen) atoms. The van der Waals surface area contributed by atoms with Gasteiger partial charge in [-0.2, -0.15) is 0 Å². The summed E-state index contributed by atoms with van der Waals surface area (Å²) in [6, 6.07) is 14.3. The van der Waals surface area contributed by atoms with E-state index in [4.69, 9.17) is 23.2 Å². The Morgan fingerprint density at radius 2 is 1.76 bits per heavy atom. The van der Waals surface area contributed by atoms with E-state index in [-0.39, 0.29) is 21.4 Å². The van der Waals surface area contributed by atoms with Crippen molar-refractivity contribution >= 4 is 65.5 Å². The van der Waals surface area contributed by atoms with E-state index < -0.39 is 20.0 Å². The molecule has 5 rings (SSSR count). The number of nitrogens with one attached hydrogen (secondary N) is 1. The molecule has 1 saturated heterocycles. The standard InChI is InChI=1S/C25H22Cl2N4O4S2/c26-21-7-5-18(14-20(21)24-8-4-17-16-28-11-10-23(17)29-24)30-37(34,35)25-9-6-19(15-22(25)27)31-12-2-1-3-13-36(31,32)33/h4-11,14-16,30H,1-3,12-13H2. The maximum Gasteiger partial charge on any atom is 0.263 e. The molecule has 1 N–H and O–H groups in total. The highest BCUT2D eigenvalue weighted by atomic mass is 35.5. The van der Waals surface area contributed by atoms with E-state index in [0.717, 1.165) is 23.7 Å². The minimum atomic E-state index is -4.10. The Bertz CT molecular complexity index is 1710. The van der Waals surface area contributed by atoms with E-state index in [9.17, 15) is 16.8 Å². The predicted octanol–water partition coefficient (Wildman–Crippen LogP) is 5.72. The summed E-state index contributed by atoms with van der Waals surface area (Å²) in [6.07, 6.45) is 5.48. The fourth-order valence-electron chi connectivity index (χ4n) is 4.23. The predicted molar refractivity (Wildman–Crippen MR) is 147 cm³/mol. The quantitative estimate of drug-likeness (QED) is 0.325. The first kappa shape index (κ1) is 25.7. The molecule has 0 aliphatic carbocycles. The number of hydrogen-bond donors (Lipinski definition) is 1. The summed E-state index contributed by atoms with van der Waals surface area (Å²) in [4.78, 5) is 8.52. The van der Waals surface area contributed by atoms with Gasteiger partial charge in [-0.25, -0.2) is 21.8 Å². The van der Waals surface area contributed by atoms with Crippen molar-refractivity contribution in [1.29, 1.82) is 0 Å². The minimum absolute atomic E-state index is 0.0497. The van der Waals surface area contributed by atoms with Gasteiger partial charge in [0.15, 0.2) is 0 Å². The van der Waals surface area contributed by atoms with Crippen LogP contribution in [-0.2, 0) is 20.0 Å². The van der Waals surface area contributed by atoms with Crippen LogP contribution in [0.5, 0.6) is 0 Å². The number of sulfonamides is 2. The van der Waals surface area contributed by atoms with E-state index in [1.165, 1.54) is 22.5 Å². The highest BCUT2D eigenvalue weighted by Crippen LogP contribution is 2.34. The third-order valence-corrected chi connectivity index (χ3v) is 10.1. The van der Waals surface area contributed by atoms with Gasteiger partial charge in [0.25, 0.3) is 10.0 Å². The number of nitrogens with zero attached hydrogens (tertiary/aromatic N) is 3. The molecule has 1 aliphatic rings. The molecule has 12 heteroatoms. The number of rotatable bonds is 5. The maximum absolute atomic E-state index is 13.2. The van der Waals surface area contributed by atoms with Crippen LogP contribution in [0.15, 0.2) is 71.9 Å². The van der Waals surface area contributed by atoms with Crippen LogP contribution >= 0.6 is 23.2 Å². The van der Waals surface area contributed by atoms with Gasteiger partial charge >= 0.3 is 0 Å². The number of fused-ring (bicyclic) bond motifs is 1. The van der Waals surface area contributed by atoms with Gasteiger partial charge in [-0.3, -0.25) is 14.0 Å². The first-order chi connectivity index (χ1) is 17.6. The van der Waals surface area contributed by atoms with Gasteiger partial charge < -0.3 is 0 Å². The molecule has 8 nitrogen and oxygen atoms in total. The van der Waals surface area contributed by atoms with Crippen molar-refractivity contribution in [3.05, 3.63) is 77.0 Å². The van der Waals surface area contributed by atoms with Gasteiger partial charge in [-0.1, -0.05) is 29.6 Å².